The van der Waals surface area contributed by atoms with Gasteiger partial charge in [-0.1, -0.05) is 22.0 Å². The molecule has 82 valence electrons. The van der Waals surface area contributed by atoms with Crippen LogP contribution in [0, 0.1) is 0 Å². The lowest BCUT2D eigenvalue weighted by molar-refractivity contribution is 0.148. The van der Waals surface area contributed by atoms with Gasteiger partial charge in [-0.3, -0.25) is 0 Å². The van der Waals surface area contributed by atoms with Crippen molar-refractivity contribution in [2.75, 3.05) is 7.11 Å². The topological polar surface area (TPSA) is 29.5 Å². The molecule has 0 unspecified atom stereocenters. The Hall–Kier alpha value is -0.380. The van der Waals surface area contributed by atoms with E-state index in [2.05, 4.69) is 28.1 Å². The molecule has 0 amide bonds. The number of benzene rings is 1. The number of aliphatic hydroxyl groups is 1. The first-order chi connectivity index (χ1) is 7.13. The zero-order valence-corrected chi connectivity index (χ0v) is 10.4. The van der Waals surface area contributed by atoms with E-state index < -0.39 is 5.60 Å². The first-order valence-corrected chi connectivity index (χ1v) is 5.91. The van der Waals surface area contributed by atoms with Gasteiger partial charge < -0.3 is 9.84 Å². The van der Waals surface area contributed by atoms with Crippen LogP contribution in [0.25, 0.3) is 0 Å². The smallest absolute Gasteiger partial charge is 0.0715 e. The molecular formula is C12H15BrO2. The molecule has 3 heteroatoms. The van der Waals surface area contributed by atoms with Crippen molar-refractivity contribution in [1.29, 1.82) is 0 Å². The van der Waals surface area contributed by atoms with Gasteiger partial charge in [-0.15, -0.1) is 0 Å². The molecule has 0 saturated heterocycles. The van der Waals surface area contributed by atoms with E-state index >= 15 is 0 Å². The predicted octanol–water partition coefficient (Wildman–Crippen LogP) is 2.66. The monoisotopic (exact) mass is 270 g/mol. The summed E-state index contributed by atoms with van der Waals surface area (Å²) in [5.41, 5.74) is 1.91. The second-order valence-corrected chi connectivity index (χ2v) is 5.16. The SMILES string of the molecule is COCc1ccc(Br)cc1CC1(O)CC1. The molecule has 0 heterocycles. The van der Waals surface area contributed by atoms with Gasteiger partial charge in [-0.25, -0.2) is 0 Å². The highest BCUT2D eigenvalue weighted by atomic mass is 79.9. The number of hydrogen-bond acceptors (Lipinski definition) is 2. The molecule has 1 fully saturated rings. The van der Waals surface area contributed by atoms with Gasteiger partial charge in [0.2, 0.25) is 0 Å². The number of halogens is 1. The first kappa shape index (κ1) is 11.1. The van der Waals surface area contributed by atoms with Crippen LogP contribution in [0.15, 0.2) is 22.7 Å². The zero-order valence-electron chi connectivity index (χ0n) is 8.79. The Labute approximate surface area is 98.4 Å². The maximum Gasteiger partial charge on any atom is 0.0715 e. The van der Waals surface area contributed by atoms with Crippen molar-refractivity contribution in [1.82, 2.24) is 0 Å². The molecule has 0 aliphatic heterocycles. The standard InChI is InChI=1S/C12H15BrO2/c1-15-8-9-2-3-11(13)6-10(9)7-12(14)4-5-12/h2-3,6,14H,4-5,7-8H2,1H3. The molecule has 1 aromatic carbocycles. The number of rotatable bonds is 4. The summed E-state index contributed by atoms with van der Waals surface area (Å²) in [6.07, 6.45) is 2.59. The third-order valence-corrected chi connectivity index (χ3v) is 3.31. The van der Waals surface area contributed by atoms with E-state index in [1.54, 1.807) is 7.11 Å². The van der Waals surface area contributed by atoms with Gasteiger partial charge >= 0.3 is 0 Å². The highest BCUT2D eigenvalue weighted by Gasteiger charge is 2.40. The second-order valence-electron chi connectivity index (χ2n) is 4.25. The Kier molecular flexibility index (Phi) is 3.14. The van der Waals surface area contributed by atoms with Gasteiger partial charge in [0.15, 0.2) is 0 Å². The number of ether oxygens (including phenoxy) is 1. The largest absolute Gasteiger partial charge is 0.390 e. The van der Waals surface area contributed by atoms with Crippen molar-refractivity contribution in [3.63, 3.8) is 0 Å². The van der Waals surface area contributed by atoms with E-state index in [-0.39, 0.29) is 0 Å². The van der Waals surface area contributed by atoms with Crippen molar-refractivity contribution in [2.24, 2.45) is 0 Å². The molecule has 1 N–H and O–H groups in total. The molecule has 0 bridgehead atoms. The molecule has 0 atom stereocenters. The molecule has 0 spiro atoms. The van der Waals surface area contributed by atoms with Crippen LogP contribution in [-0.2, 0) is 17.8 Å². The maximum absolute atomic E-state index is 9.91. The van der Waals surface area contributed by atoms with Crippen molar-refractivity contribution in [3.8, 4) is 0 Å². The normalized spacial score (nSPS) is 17.8. The summed E-state index contributed by atoms with van der Waals surface area (Å²) in [6, 6.07) is 6.13. The summed E-state index contributed by atoms with van der Waals surface area (Å²) in [5, 5.41) is 9.91. The van der Waals surface area contributed by atoms with Gasteiger partial charge in [0.1, 0.15) is 0 Å². The minimum absolute atomic E-state index is 0.441. The van der Waals surface area contributed by atoms with E-state index in [0.29, 0.717) is 6.61 Å². The molecule has 2 rings (SSSR count). The van der Waals surface area contributed by atoms with Crippen LogP contribution in [-0.4, -0.2) is 17.8 Å². The van der Waals surface area contributed by atoms with Gasteiger partial charge in [0.05, 0.1) is 12.2 Å². The van der Waals surface area contributed by atoms with E-state index in [9.17, 15) is 5.11 Å². The third kappa shape index (κ3) is 2.80. The lowest BCUT2D eigenvalue weighted by Crippen LogP contribution is -2.12. The van der Waals surface area contributed by atoms with Crippen molar-refractivity contribution in [2.45, 2.75) is 31.5 Å². The maximum atomic E-state index is 9.91. The Morgan fingerprint density at radius 1 is 1.40 bits per heavy atom. The minimum Gasteiger partial charge on any atom is -0.390 e. The average molecular weight is 271 g/mol. The van der Waals surface area contributed by atoms with E-state index in [1.165, 1.54) is 11.1 Å². The van der Waals surface area contributed by atoms with Crippen LogP contribution in [0.3, 0.4) is 0 Å². The van der Waals surface area contributed by atoms with Crippen molar-refractivity contribution < 1.29 is 9.84 Å². The second kappa shape index (κ2) is 4.24. The van der Waals surface area contributed by atoms with Crippen molar-refractivity contribution in [3.05, 3.63) is 33.8 Å². The molecule has 1 aromatic rings. The Bertz CT molecular complexity index is 359. The van der Waals surface area contributed by atoms with Gasteiger partial charge in [-0.05, 0) is 36.1 Å². The number of hydrogen-bond donors (Lipinski definition) is 1. The third-order valence-electron chi connectivity index (χ3n) is 2.81. The van der Waals surface area contributed by atoms with E-state index in [4.69, 9.17) is 4.74 Å². The fourth-order valence-corrected chi connectivity index (χ4v) is 2.14. The van der Waals surface area contributed by atoms with Crippen LogP contribution in [0.4, 0.5) is 0 Å². The lowest BCUT2D eigenvalue weighted by Gasteiger charge is -2.12. The summed E-state index contributed by atoms with van der Waals surface area (Å²) in [5.74, 6) is 0. The quantitative estimate of drug-likeness (QED) is 0.912. The van der Waals surface area contributed by atoms with E-state index in [0.717, 1.165) is 23.7 Å². The first-order valence-electron chi connectivity index (χ1n) is 5.12. The summed E-state index contributed by atoms with van der Waals surface area (Å²) in [4.78, 5) is 0. The highest BCUT2D eigenvalue weighted by molar-refractivity contribution is 9.10. The highest BCUT2D eigenvalue weighted by Crippen LogP contribution is 2.39. The molecule has 1 aliphatic carbocycles. The molecule has 0 aromatic heterocycles. The lowest BCUT2D eigenvalue weighted by atomic mass is 10.0. The molecule has 0 radical (unpaired) electrons. The van der Waals surface area contributed by atoms with Crippen LogP contribution in [0.1, 0.15) is 24.0 Å². The predicted molar refractivity (Wildman–Crippen MR) is 62.7 cm³/mol. The Balaban J connectivity index is 2.21. The summed E-state index contributed by atoms with van der Waals surface area (Å²) >= 11 is 3.45. The molecule has 1 saturated carbocycles. The zero-order chi connectivity index (χ0) is 10.9. The summed E-state index contributed by atoms with van der Waals surface area (Å²) < 4.78 is 6.20. The number of methoxy groups -OCH3 is 1. The Morgan fingerprint density at radius 2 is 2.13 bits per heavy atom. The van der Waals surface area contributed by atoms with Crippen LogP contribution < -0.4 is 0 Å². The van der Waals surface area contributed by atoms with Crippen LogP contribution in [0.2, 0.25) is 0 Å². The van der Waals surface area contributed by atoms with Gasteiger partial charge in [0.25, 0.3) is 0 Å². The Morgan fingerprint density at radius 3 is 2.73 bits per heavy atom. The summed E-state index contributed by atoms with van der Waals surface area (Å²) in [7, 11) is 1.69. The fraction of sp³-hybridized carbons (Fsp3) is 0.500. The van der Waals surface area contributed by atoms with Gasteiger partial charge in [0, 0.05) is 18.0 Å². The van der Waals surface area contributed by atoms with Gasteiger partial charge in [-0.2, -0.15) is 0 Å². The summed E-state index contributed by atoms with van der Waals surface area (Å²) in [6.45, 7) is 0.610. The minimum atomic E-state index is -0.441. The van der Waals surface area contributed by atoms with Crippen molar-refractivity contribution >= 4 is 15.9 Å². The average Bonchev–Trinajstić information content (AvgIpc) is 2.89. The van der Waals surface area contributed by atoms with Crippen LogP contribution >= 0.6 is 15.9 Å². The van der Waals surface area contributed by atoms with Crippen LogP contribution in [0.5, 0.6) is 0 Å². The fourth-order valence-electron chi connectivity index (χ4n) is 1.73. The molecular weight excluding hydrogens is 256 g/mol. The molecule has 2 nitrogen and oxygen atoms in total. The molecule has 1 aliphatic rings. The molecule has 15 heavy (non-hydrogen) atoms. The van der Waals surface area contributed by atoms with E-state index in [1.807, 2.05) is 6.07 Å².